The lowest BCUT2D eigenvalue weighted by Crippen LogP contribution is -2.34. The Morgan fingerprint density at radius 3 is 2.46 bits per heavy atom. The molecule has 1 aliphatic rings. The highest BCUT2D eigenvalue weighted by molar-refractivity contribution is 7.99. The van der Waals surface area contributed by atoms with Gasteiger partial charge in [0.25, 0.3) is 10.0 Å². The summed E-state index contributed by atoms with van der Waals surface area (Å²) < 4.78 is 28.8. The van der Waals surface area contributed by atoms with E-state index in [2.05, 4.69) is 15.3 Å². The van der Waals surface area contributed by atoms with E-state index < -0.39 is 10.0 Å². The van der Waals surface area contributed by atoms with Crippen molar-refractivity contribution in [2.24, 2.45) is 0 Å². The number of aromatic nitrogens is 2. The summed E-state index contributed by atoms with van der Waals surface area (Å²) in [6, 6.07) is 21.0. The first-order valence-electron chi connectivity index (χ1n) is 11.8. The van der Waals surface area contributed by atoms with Crippen LogP contribution in [0.3, 0.4) is 0 Å². The standard InChI is InChI=1S/C28H26N4O3S2/c1-18-8-6-11-21(14-18)16-32-23-13-5-4-12-22(23)27-24(37(32,34)35)15-29-28(31-27)36-17-25(33)30-26-19(2)9-7-10-20(26)3/h4-15H,16-17H2,1-3H3,(H,30,33). The Morgan fingerprint density at radius 1 is 0.973 bits per heavy atom. The molecule has 0 radical (unpaired) electrons. The molecule has 7 nitrogen and oxygen atoms in total. The summed E-state index contributed by atoms with van der Waals surface area (Å²) in [5.74, 6) is -0.0819. The van der Waals surface area contributed by atoms with E-state index in [1.54, 1.807) is 6.07 Å². The second kappa shape index (κ2) is 9.99. The van der Waals surface area contributed by atoms with Crippen molar-refractivity contribution in [3.05, 3.63) is 95.2 Å². The zero-order valence-corrected chi connectivity index (χ0v) is 22.4. The predicted molar refractivity (Wildman–Crippen MR) is 147 cm³/mol. The molecule has 1 aromatic heterocycles. The van der Waals surface area contributed by atoms with Gasteiger partial charge in [0, 0.05) is 11.3 Å². The van der Waals surface area contributed by atoms with Crippen molar-refractivity contribution < 1.29 is 13.2 Å². The molecule has 1 aliphatic heterocycles. The molecule has 5 rings (SSSR count). The molecule has 1 N–H and O–H groups in total. The van der Waals surface area contributed by atoms with Crippen LogP contribution >= 0.6 is 11.8 Å². The number of anilines is 2. The summed E-state index contributed by atoms with van der Waals surface area (Å²) in [6.07, 6.45) is 1.35. The average Bonchev–Trinajstić information content (AvgIpc) is 2.87. The second-order valence-corrected chi connectivity index (χ2v) is 11.8. The zero-order chi connectivity index (χ0) is 26.2. The summed E-state index contributed by atoms with van der Waals surface area (Å²) >= 11 is 1.17. The molecule has 0 unspecified atom stereocenters. The van der Waals surface area contributed by atoms with Crippen LogP contribution in [0.1, 0.15) is 22.3 Å². The van der Waals surface area contributed by atoms with Gasteiger partial charge in [0.1, 0.15) is 4.90 Å². The van der Waals surface area contributed by atoms with Crippen LogP contribution in [0.15, 0.2) is 83.0 Å². The Balaban J connectivity index is 1.42. The summed E-state index contributed by atoms with van der Waals surface area (Å²) in [4.78, 5) is 21.6. The van der Waals surface area contributed by atoms with Gasteiger partial charge >= 0.3 is 0 Å². The number of benzene rings is 3. The van der Waals surface area contributed by atoms with Gasteiger partial charge in [-0.25, -0.2) is 18.4 Å². The van der Waals surface area contributed by atoms with Crippen LogP contribution in [0.4, 0.5) is 11.4 Å². The molecule has 1 amide bonds. The number of carbonyl (C=O) groups excluding carboxylic acids is 1. The van der Waals surface area contributed by atoms with Gasteiger partial charge in [-0.3, -0.25) is 9.10 Å². The number of amides is 1. The van der Waals surface area contributed by atoms with Gasteiger partial charge in [-0.1, -0.05) is 78.0 Å². The van der Waals surface area contributed by atoms with E-state index >= 15 is 0 Å². The Morgan fingerprint density at radius 2 is 1.70 bits per heavy atom. The highest BCUT2D eigenvalue weighted by Crippen LogP contribution is 2.42. The first-order valence-corrected chi connectivity index (χ1v) is 14.2. The highest BCUT2D eigenvalue weighted by atomic mass is 32.2. The third kappa shape index (κ3) is 4.97. The van der Waals surface area contributed by atoms with Gasteiger partial charge in [0.15, 0.2) is 5.16 Å². The molecule has 0 bridgehead atoms. The summed E-state index contributed by atoms with van der Waals surface area (Å²) in [5, 5.41) is 3.30. The van der Waals surface area contributed by atoms with E-state index in [9.17, 15) is 13.2 Å². The van der Waals surface area contributed by atoms with Gasteiger partial charge in [-0.2, -0.15) is 0 Å². The number of para-hydroxylation sites is 2. The molecule has 37 heavy (non-hydrogen) atoms. The number of hydrogen-bond donors (Lipinski definition) is 1. The van der Waals surface area contributed by atoms with Gasteiger partial charge in [-0.05, 0) is 43.5 Å². The molecule has 0 saturated carbocycles. The smallest absolute Gasteiger partial charge is 0.268 e. The molecule has 9 heteroatoms. The second-order valence-electron chi connectivity index (χ2n) is 8.99. The number of sulfonamides is 1. The Labute approximate surface area is 221 Å². The molecule has 0 fully saturated rings. The largest absolute Gasteiger partial charge is 0.325 e. The van der Waals surface area contributed by atoms with Crippen molar-refractivity contribution in [3.63, 3.8) is 0 Å². The molecule has 3 aromatic carbocycles. The van der Waals surface area contributed by atoms with E-state index in [4.69, 9.17) is 0 Å². The highest BCUT2D eigenvalue weighted by Gasteiger charge is 2.36. The summed E-state index contributed by atoms with van der Waals surface area (Å²) in [5.41, 5.74) is 6.36. The molecule has 0 saturated heterocycles. The lowest BCUT2D eigenvalue weighted by atomic mass is 10.1. The molecular weight excluding hydrogens is 504 g/mol. The van der Waals surface area contributed by atoms with E-state index in [-0.39, 0.29) is 23.1 Å². The van der Waals surface area contributed by atoms with Crippen LogP contribution in [0.2, 0.25) is 0 Å². The molecule has 4 aromatic rings. The number of hydrogen-bond acceptors (Lipinski definition) is 6. The van der Waals surface area contributed by atoms with Crippen LogP contribution in [0.25, 0.3) is 11.3 Å². The molecular formula is C28H26N4O3S2. The van der Waals surface area contributed by atoms with Crippen LogP contribution < -0.4 is 9.62 Å². The maximum absolute atomic E-state index is 13.7. The van der Waals surface area contributed by atoms with Crippen molar-refractivity contribution in [2.75, 3.05) is 15.4 Å². The maximum atomic E-state index is 13.7. The van der Waals surface area contributed by atoms with Crippen molar-refractivity contribution in [3.8, 4) is 11.3 Å². The van der Waals surface area contributed by atoms with E-state index in [1.807, 2.05) is 81.4 Å². The van der Waals surface area contributed by atoms with Gasteiger partial charge < -0.3 is 5.32 Å². The number of nitrogens with zero attached hydrogens (tertiary/aromatic N) is 3. The minimum Gasteiger partial charge on any atom is -0.325 e. The molecule has 188 valence electrons. The minimum absolute atomic E-state index is 0.0585. The summed E-state index contributed by atoms with van der Waals surface area (Å²) in [6.45, 7) is 6.08. The van der Waals surface area contributed by atoms with Gasteiger partial charge in [0.05, 0.1) is 29.9 Å². The van der Waals surface area contributed by atoms with Crippen LogP contribution in [0, 0.1) is 20.8 Å². The first kappa shape index (κ1) is 25.0. The Kier molecular flexibility index (Phi) is 6.74. The van der Waals surface area contributed by atoms with Crippen LogP contribution in [-0.2, 0) is 21.4 Å². The fourth-order valence-corrected chi connectivity index (χ4v) is 6.59. The number of fused-ring (bicyclic) bond motifs is 3. The third-order valence-corrected chi connectivity index (χ3v) is 8.84. The quantitative estimate of drug-likeness (QED) is 0.261. The zero-order valence-electron chi connectivity index (χ0n) is 20.7. The molecule has 0 spiro atoms. The lowest BCUT2D eigenvalue weighted by Gasteiger charge is -2.31. The van der Waals surface area contributed by atoms with E-state index in [1.165, 1.54) is 22.3 Å². The van der Waals surface area contributed by atoms with E-state index in [0.717, 1.165) is 27.9 Å². The number of carbonyl (C=O) groups is 1. The Hall–Kier alpha value is -3.69. The third-order valence-electron chi connectivity index (χ3n) is 6.22. The van der Waals surface area contributed by atoms with E-state index in [0.29, 0.717) is 22.1 Å². The van der Waals surface area contributed by atoms with Crippen LogP contribution in [0.5, 0.6) is 0 Å². The van der Waals surface area contributed by atoms with Gasteiger partial charge in [-0.15, -0.1) is 0 Å². The SMILES string of the molecule is Cc1cccc(CN2c3ccccc3-c3nc(SCC(=O)Nc4c(C)cccc4C)ncc3S2(=O)=O)c1. The minimum atomic E-state index is -3.89. The molecule has 0 aliphatic carbocycles. The van der Waals surface area contributed by atoms with Gasteiger partial charge in [0.2, 0.25) is 5.91 Å². The number of nitrogens with one attached hydrogen (secondary N) is 1. The average molecular weight is 531 g/mol. The molecule has 2 heterocycles. The number of aryl methyl sites for hydroxylation is 3. The fourth-order valence-electron chi connectivity index (χ4n) is 4.41. The fraction of sp³-hybridized carbons (Fsp3) is 0.179. The Bertz CT molecular complexity index is 1600. The summed E-state index contributed by atoms with van der Waals surface area (Å²) in [7, 11) is -3.89. The lowest BCUT2D eigenvalue weighted by molar-refractivity contribution is -0.113. The van der Waals surface area contributed by atoms with Crippen molar-refractivity contribution >= 4 is 39.1 Å². The normalized spacial score (nSPS) is 13.5. The molecule has 0 atom stereocenters. The monoisotopic (exact) mass is 530 g/mol. The first-order chi connectivity index (χ1) is 17.7. The predicted octanol–water partition coefficient (Wildman–Crippen LogP) is 5.51. The van der Waals surface area contributed by atoms with Crippen LogP contribution in [-0.4, -0.2) is 30.0 Å². The van der Waals surface area contributed by atoms with Crippen molar-refractivity contribution in [1.82, 2.24) is 9.97 Å². The van der Waals surface area contributed by atoms with Crippen molar-refractivity contribution in [1.29, 1.82) is 0 Å². The number of rotatable bonds is 6. The maximum Gasteiger partial charge on any atom is 0.268 e. The topological polar surface area (TPSA) is 92.3 Å². The number of thioether (sulfide) groups is 1. The van der Waals surface area contributed by atoms with Crippen molar-refractivity contribution in [2.45, 2.75) is 37.4 Å².